The van der Waals surface area contributed by atoms with Crippen molar-refractivity contribution in [2.75, 3.05) is 6.26 Å². The molecule has 1 aromatic rings. The van der Waals surface area contributed by atoms with Gasteiger partial charge in [0.05, 0.1) is 0 Å². The number of Topliss-reactive ketones (excluding diaryl/α,β-unsaturated/α-hetero) is 1. The van der Waals surface area contributed by atoms with Gasteiger partial charge in [0.25, 0.3) is 0 Å². The maximum absolute atomic E-state index is 11.8. The first-order valence-corrected chi connectivity index (χ1v) is 6.70. The molecule has 1 atom stereocenters. The number of hydrogen-bond acceptors (Lipinski definition) is 3. The Balaban J connectivity index is 3.04. The Hall–Kier alpha value is -1.16. The minimum Gasteiger partial charge on any atom is -0.293 e. The second-order valence-electron chi connectivity index (χ2n) is 3.46. The summed E-state index contributed by atoms with van der Waals surface area (Å²) in [5.41, 5.74) is 0.453. The Kier molecular flexibility index (Phi) is 3.63. The van der Waals surface area contributed by atoms with Gasteiger partial charge in [0.1, 0.15) is 5.25 Å². The number of carbonyl (C=O) groups excluding carboxylic acids is 1. The molecule has 1 rings (SSSR count). The van der Waals surface area contributed by atoms with Gasteiger partial charge in [-0.15, -0.1) is 0 Å². The number of sulfone groups is 1. The van der Waals surface area contributed by atoms with E-state index in [1.807, 2.05) is 0 Å². The Morgan fingerprint density at radius 2 is 1.80 bits per heavy atom. The van der Waals surface area contributed by atoms with E-state index in [9.17, 15) is 13.2 Å². The standard InChI is InChI=1S/C11H14O3S/c1-3-10(15(2,13)14)11(12)9-7-5-4-6-8-9/h4-8,10H,3H2,1-2H3. The number of benzene rings is 1. The zero-order valence-corrected chi connectivity index (χ0v) is 9.62. The van der Waals surface area contributed by atoms with Gasteiger partial charge in [-0.05, 0) is 6.42 Å². The van der Waals surface area contributed by atoms with Crippen LogP contribution in [-0.4, -0.2) is 25.7 Å². The van der Waals surface area contributed by atoms with Gasteiger partial charge in [-0.25, -0.2) is 8.42 Å². The summed E-state index contributed by atoms with van der Waals surface area (Å²) in [6.07, 6.45) is 1.41. The van der Waals surface area contributed by atoms with Crippen molar-refractivity contribution >= 4 is 15.6 Å². The first-order chi connectivity index (χ1) is 6.96. The van der Waals surface area contributed by atoms with Gasteiger partial charge in [0.2, 0.25) is 0 Å². The lowest BCUT2D eigenvalue weighted by Gasteiger charge is -2.11. The molecule has 0 spiro atoms. The molecule has 0 aromatic heterocycles. The molecule has 4 heteroatoms. The first-order valence-electron chi connectivity index (χ1n) is 4.75. The van der Waals surface area contributed by atoms with E-state index in [0.717, 1.165) is 6.26 Å². The topological polar surface area (TPSA) is 51.2 Å². The molecule has 0 bridgehead atoms. The van der Waals surface area contributed by atoms with Crippen LogP contribution in [-0.2, 0) is 9.84 Å². The highest BCUT2D eigenvalue weighted by molar-refractivity contribution is 7.92. The van der Waals surface area contributed by atoms with Crippen molar-refractivity contribution in [1.29, 1.82) is 0 Å². The van der Waals surface area contributed by atoms with E-state index in [4.69, 9.17) is 0 Å². The van der Waals surface area contributed by atoms with Crippen molar-refractivity contribution in [3.63, 3.8) is 0 Å². The Morgan fingerprint density at radius 1 is 1.27 bits per heavy atom. The fourth-order valence-electron chi connectivity index (χ4n) is 1.47. The third-order valence-corrected chi connectivity index (χ3v) is 3.82. The van der Waals surface area contributed by atoms with Gasteiger partial charge in [-0.1, -0.05) is 37.3 Å². The van der Waals surface area contributed by atoms with Crippen LogP contribution in [0.4, 0.5) is 0 Å². The van der Waals surface area contributed by atoms with Crippen molar-refractivity contribution in [3.8, 4) is 0 Å². The summed E-state index contributed by atoms with van der Waals surface area (Å²) in [5, 5.41) is -0.917. The fraction of sp³-hybridized carbons (Fsp3) is 0.364. The van der Waals surface area contributed by atoms with Crippen LogP contribution in [0.5, 0.6) is 0 Å². The number of ketones is 1. The average Bonchev–Trinajstić information content (AvgIpc) is 2.18. The summed E-state index contributed by atoms with van der Waals surface area (Å²) < 4.78 is 22.7. The van der Waals surface area contributed by atoms with Crippen LogP contribution in [0.1, 0.15) is 23.7 Å². The normalized spacial score (nSPS) is 13.5. The molecule has 1 unspecified atom stereocenters. The molecular formula is C11H14O3S. The average molecular weight is 226 g/mol. The van der Waals surface area contributed by atoms with E-state index in [-0.39, 0.29) is 5.78 Å². The van der Waals surface area contributed by atoms with Crippen LogP contribution in [0, 0.1) is 0 Å². The van der Waals surface area contributed by atoms with E-state index in [1.54, 1.807) is 37.3 Å². The summed E-state index contributed by atoms with van der Waals surface area (Å²) in [6, 6.07) is 8.51. The SMILES string of the molecule is CCC(C(=O)c1ccccc1)S(C)(=O)=O. The van der Waals surface area contributed by atoms with Gasteiger partial charge >= 0.3 is 0 Å². The quantitative estimate of drug-likeness (QED) is 0.734. The smallest absolute Gasteiger partial charge is 0.180 e. The van der Waals surface area contributed by atoms with Crippen molar-refractivity contribution in [2.24, 2.45) is 0 Å². The van der Waals surface area contributed by atoms with Crippen LogP contribution in [0.2, 0.25) is 0 Å². The first kappa shape index (κ1) is 11.9. The van der Waals surface area contributed by atoms with E-state index in [1.165, 1.54) is 0 Å². The highest BCUT2D eigenvalue weighted by Gasteiger charge is 2.27. The summed E-state index contributed by atoms with van der Waals surface area (Å²) in [4.78, 5) is 11.8. The largest absolute Gasteiger partial charge is 0.293 e. The molecule has 0 aliphatic rings. The monoisotopic (exact) mass is 226 g/mol. The lowest BCUT2D eigenvalue weighted by molar-refractivity contribution is 0.0985. The predicted octanol–water partition coefficient (Wildman–Crippen LogP) is 1.69. The lowest BCUT2D eigenvalue weighted by Crippen LogP contribution is -2.28. The number of carbonyl (C=O) groups is 1. The molecule has 0 fully saturated rings. The van der Waals surface area contributed by atoms with Crippen LogP contribution < -0.4 is 0 Å². The van der Waals surface area contributed by atoms with Gasteiger partial charge in [0, 0.05) is 11.8 Å². The molecule has 0 N–H and O–H groups in total. The van der Waals surface area contributed by atoms with Crippen LogP contribution in [0.3, 0.4) is 0 Å². The molecule has 0 heterocycles. The second-order valence-corrected chi connectivity index (χ2v) is 5.68. The van der Waals surface area contributed by atoms with Crippen LogP contribution >= 0.6 is 0 Å². The fourth-order valence-corrected chi connectivity index (χ4v) is 2.60. The number of rotatable bonds is 4. The Labute approximate surface area is 90.0 Å². The third kappa shape index (κ3) is 2.89. The van der Waals surface area contributed by atoms with E-state index in [0.29, 0.717) is 12.0 Å². The maximum Gasteiger partial charge on any atom is 0.180 e. The molecule has 3 nitrogen and oxygen atoms in total. The summed E-state index contributed by atoms with van der Waals surface area (Å²) in [7, 11) is -3.31. The van der Waals surface area contributed by atoms with Crippen molar-refractivity contribution in [2.45, 2.75) is 18.6 Å². The van der Waals surface area contributed by atoms with Crippen molar-refractivity contribution < 1.29 is 13.2 Å². The zero-order valence-electron chi connectivity index (χ0n) is 8.80. The van der Waals surface area contributed by atoms with Crippen LogP contribution in [0.15, 0.2) is 30.3 Å². The minimum atomic E-state index is -3.31. The Morgan fingerprint density at radius 3 is 2.20 bits per heavy atom. The highest BCUT2D eigenvalue weighted by Crippen LogP contribution is 2.12. The highest BCUT2D eigenvalue weighted by atomic mass is 32.2. The molecule has 0 saturated carbocycles. The molecule has 15 heavy (non-hydrogen) atoms. The summed E-state index contributed by atoms with van der Waals surface area (Å²) >= 11 is 0. The lowest BCUT2D eigenvalue weighted by atomic mass is 10.1. The molecule has 82 valence electrons. The maximum atomic E-state index is 11.8. The van der Waals surface area contributed by atoms with Gasteiger partial charge in [-0.3, -0.25) is 4.79 Å². The molecule has 0 amide bonds. The van der Waals surface area contributed by atoms with Gasteiger partial charge < -0.3 is 0 Å². The summed E-state index contributed by atoms with van der Waals surface area (Å²) in [5.74, 6) is -0.319. The van der Waals surface area contributed by atoms with Gasteiger partial charge in [-0.2, -0.15) is 0 Å². The Bertz CT molecular complexity index is 434. The van der Waals surface area contributed by atoms with Gasteiger partial charge in [0.15, 0.2) is 15.6 Å². The van der Waals surface area contributed by atoms with Crippen LogP contribution in [0.25, 0.3) is 0 Å². The van der Waals surface area contributed by atoms with E-state index in [2.05, 4.69) is 0 Å². The molecule has 0 aliphatic heterocycles. The minimum absolute atomic E-state index is 0.312. The predicted molar refractivity (Wildman–Crippen MR) is 59.7 cm³/mol. The van der Waals surface area contributed by atoms with E-state index < -0.39 is 15.1 Å². The van der Waals surface area contributed by atoms with E-state index >= 15 is 0 Å². The van der Waals surface area contributed by atoms with Crippen molar-refractivity contribution in [3.05, 3.63) is 35.9 Å². The molecule has 1 aromatic carbocycles. The number of hydrogen-bond donors (Lipinski definition) is 0. The summed E-state index contributed by atoms with van der Waals surface area (Å²) in [6.45, 7) is 1.70. The van der Waals surface area contributed by atoms with Crippen molar-refractivity contribution in [1.82, 2.24) is 0 Å². The zero-order chi connectivity index (χ0) is 11.5. The molecule has 0 aliphatic carbocycles. The molecule has 0 radical (unpaired) electrons. The third-order valence-electron chi connectivity index (χ3n) is 2.24. The second kappa shape index (κ2) is 4.57. The molecule has 0 saturated heterocycles. The molecular weight excluding hydrogens is 212 g/mol.